The van der Waals surface area contributed by atoms with Crippen molar-refractivity contribution in [1.82, 2.24) is 5.32 Å². The summed E-state index contributed by atoms with van der Waals surface area (Å²) in [6.07, 6.45) is 1.01. The Balaban J connectivity index is 2.34. The lowest BCUT2D eigenvalue weighted by Crippen LogP contribution is -2.28. The Bertz CT molecular complexity index is 459. The number of esters is 1. The van der Waals surface area contributed by atoms with Crippen LogP contribution in [0.2, 0.25) is 0 Å². The van der Waals surface area contributed by atoms with Crippen LogP contribution in [-0.2, 0) is 20.7 Å². The molecule has 1 rings (SSSR count). The van der Waals surface area contributed by atoms with E-state index in [1.807, 2.05) is 19.1 Å². The zero-order chi connectivity index (χ0) is 15.7. The van der Waals surface area contributed by atoms with E-state index >= 15 is 0 Å². The number of carbonyl (C=O) groups excluding carboxylic acids is 2. The fraction of sp³-hybridized carbons (Fsp3) is 0.500. The molecule has 1 aromatic rings. The molecule has 1 amide bonds. The van der Waals surface area contributed by atoms with Gasteiger partial charge < -0.3 is 10.1 Å². The summed E-state index contributed by atoms with van der Waals surface area (Å²) in [6, 6.07) is 8.19. The maximum absolute atomic E-state index is 11.8. The molecule has 0 spiro atoms. The van der Waals surface area contributed by atoms with Gasteiger partial charge in [-0.2, -0.15) is 0 Å². The zero-order valence-corrected chi connectivity index (χ0v) is 13.7. The highest BCUT2D eigenvalue weighted by atomic mass is 32.2. The Kier molecular flexibility index (Phi) is 7.90. The number of hydrogen-bond acceptors (Lipinski definition) is 4. The molecule has 0 aliphatic carbocycles. The molecular formula is C16H23NO3S. The molecule has 0 aliphatic heterocycles. The summed E-state index contributed by atoms with van der Waals surface area (Å²) in [6.45, 7) is 6.20. The minimum atomic E-state index is -0.279. The van der Waals surface area contributed by atoms with Gasteiger partial charge in [0.1, 0.15) is 0 Å². The molecule has 0 saturated heterocycles. The number of benzene rings is 1. The first-order chi connectivity index (χ1) is 10.1. The molecule has 1 N–H and O–H groups in total. The van der Waals surface area contributed by atoms with Gasteiger partial charge in [0.15, 0.2) is 0 Å². The number of rotatable bonds is 8. The van der Waals surface area contributed by atoms with Crippen molar-refractivity contribution in [3.63, 3.8) is 0 Å². The number of nitrogens with one attached hydrogen (secondary N) is 1. The maximum atomic E-state index is 11.8. The van der Waals surface area contributed by atoms with Crippen LogP contribution in [0.4, 0.5) is 0 Å². The Morgan fingerprint density at radius 3 is 2.43 bits per heavy atom. The first-order valence-electron chi connectivity index (χ1n) is 7.18. The molecule has 0 aliphatic rings. The van der Waals surface area contributed by atoms with E-state index < -0.39 is 0 Å². The summed E-state index contributed by atoms with van der Waals surface area (Å²) in [7, 11) is 0. The normalized spacial score (nSPS) is 11.8. The van der Waals surface area contributed by atoms with Crippen molar-refractivity contribution in [2.24, 2.45) is 0 Å². The highest BCUT2D eigenvalue weighted by molar-refractivity contribution is 8.00. The van der Waals surface area contributed by atoms with Crippen LogP contribution in [0, 0.1) is 0 Å². The fourth-order valence-corrected chi connectivity index (χ4v) is 2.46. The van der Waals surface area contributed by atoms with Crippen LogP contribution in [0.3, 0.4) is 0 Å². The van der Waals surface area contributed by atoms with E-state index in [4.69, 9.17) is 4.74 Å². The second-order valence-corrected chi connectivity index (χ2v) is 5.67. The molecular weight excluding hydrogens is 286 g/mol. The van der Waals surface area contributed by atoms with Crippen molar-refractivity contribution in [2.75, 3.05) is 18.1 Å². The largest absolute Gasteiger partial charge is 0.465 e. The monoisotopic (exact) mass is 309 g/mol. The van der Waals surface area contributed by atoms with Gasteiger partial charge in [0.25, 0.3) is 0 Å². The highest BCUT2D eigenvalue weighted by Crippen LogP contribution is 2.14. The average molecular weight is 309 g/mol. The first-order valence-corrected chi connectivity index (χ1v) is 8.33. The van der Waals surface area contributed by atoms with Crippen LogP contribution in [0.15, 0.2) is 24.3 Å². The SMILES string of the molecule is CCOC(=O)CSCC(=O)NC(C)c1ccc(CC)cc1. The molecule has 1 aromatic carbocycles. The molecule has 0 aromatic heterocycles. The molecule has 0 saturated carbocycles. The smallest absolute Gasteiger partial charge is 0.315 e. The van der Waals surface area contributed by atoms with E-state index in [0.717, 1.165) is 12.0 Å². The number of aryl methyl sites for hydroxylation is 1. The van der Waals surface area contributed by atoms with Gasteiger partial charge in [-0.3, -0.25) is 9.59 Å². The number of ether oxygens (including phenoxy) is 1. The van der Waals surface area contributed by atoms with Gasteiger partial charge >= 0.3 is 5.97 Å². The van der Waals surface area contributed by atoms with Crippen LogP contribution in [0.1, 0.15) is 37.9 Å². The lowest BCUT2D eigenvalue weighted by atomic mass is 10.1. The topological polar surface area (TPSA) is 55.4 Å². The van der Waals surface area contributed by atoms with Gasteiger partial charge in [-0.05, 0) is 31.4 Å². The quantitative estimate of drug-likeness (QED) is 0.750. The highest BCUT2D eigenvalue weighted by Gasteiger charge is 2.10. The molecule has 1 atom stereocenters. The second-order valence-electron chi connectivity index (χ2n) is 4.68. The van der Waals surface area contributed by atoms with Crippen molar-refractivity contribution >= 4 is 23.6 Å². The summed E-state index contributed by atoms with van der Waals surface area (Å²) in [4.78, 5) is 23.0. The second kappa shape index (κ2) is 9.45. The molecule has 0 heterocycles. The molecule has 116 valence electrons. The van der Waals surface area contributed by atoms with Crippen LogP contribution < -0.4 is 5.32 Å². The number of thioether (sulfide) groups is 1. The summed E-state index contributed by atoms with van der Waals surface area (Å²) in [5, 5.41) is 2.93. The summed E-state index contributed by atoms with van der Waals surface area (Å²) in [5.41, 5.74) is 2.36. The lowest BCUT2D eigenvalue weighted by molar-refractivity contribution is -0.139. The summed E-state index contributed by atoms with van der Waals surface area (Å²) >= 11 is 1.27. The fourth-order valence-electron chi connectivity index (χ4n) is 1.84. The van der Waals surface area contributed by atoms with E-state index in [1.165, 1.54) is 17.3 Å². The van der Waals surface area contributed by atoms with Gasteiger partial charge in [0.05, 0.1) is 24.2 Å². The molecule has 21 heavy (non-hydrogen) atoms. The number of hydrogen-bond donors (Lipinski definition) is 1. The minimum absolute atomic E-state index is 0.0356. The van der Waals surface area contributed by atoms with Crippen molar-refractivity contribution in [3.8, 4) is 0 Å². The van der Waals surface area contributed by atoms with Gasteiger partial charge in [-0.15, -0.1) is 11.8 Å². The Labute approximate surface area is 130 Å². The molecule has 0 radical (unpaired) electrons. The van der Waals surface area contributed by atoms with Gasteiger partial charge in [-0.25, -0.2) is 0 Å². The van der Waals surface area contributed by atoms with Gasteiger partial charge in [0, 0.05) is 0 Å². The summed E-state index contributed by atoms with van der Waals surface area (Å²) in [5.74, 6) is 0.117. The van der Waals surface area contributed by atoms with Crippen LogP contribution in [0.25, 0.3) is 0 Å². The predicted octanol–water partition coefficient (Wildman–Crippen LogP) is 2.72. The van der Waals surface area contributed by atoms with E-state index in [1.54, 1.807) is 6.92 Å². The van der Waals surface area contributed by atoms with Crippen LogP contribution >= 0.6 is 11.8 Å². The van der Waals surface area contributed by atoms with Gasteiger partial charge in [-0.1, -0.05) is 31.2 Å². The predicted molar refractivity (Wildman–Crippen MR) is 86.3 cm³/mol. The molecule has 0 bridgehead atoms. The van der Waals surface area contributed by atoms with Crippen molar-refractivity contribution < 1.29 is 14.3 Å². The minimum Gasteiger partial charge on any atom is -0.465 e. The molecule has 1 unspecified atom stereocenters. The standard InChI is InChI=1S/C16H23NO3S/c1-4-13-6-8-14(9-7-13)12(3)17-15(18)10-21-11-16(19)20-5-2/h6-9,12H,4-5,10-11H2,1-3H3,(H,17,18). The van der Waals surface area contributed by atoms with E-state index in [2.05, 4.69) is 24.4 Å². The van der Waals surface area contributed by atoms with Crippen molar-refractivity contribution in [1.29, 1.82) is 0 Å². The molecule has 5 heteroatoms. The third-order valence-corrected chi connectivity index (χ3v) is 3.93. The number of amides is 1. The summed E-state index contributed by atoms with van der Waals surface area (Å²) < 4.78 is 4.80. The van der Waals surface area contributed by atoms with E-state index in [-0.39, 0.29) is 29.4 Å². The zero-order valence-electron chi connectivity index (χ0n) is 12.8. The van der Waals surface area contributed by atoms with Crippen molar-refractivity contribution in [2.45, 2.75) is 33.2 Å². The Morgan fingerprint density at radius 1 is 1.19 bits per heavy atom. The van der Waals surface area contributed by atoms with E-state index in [9.17, 15) is 9.59 Å². The third kappa shape index (κ3) is 6.67. The Hall–Kier alpha value is -1.49. The molecule has 0 fully saturated rings. The van der Waals surface area contributed by atoms with Crippen LogP contribution in [0.5, 0.6) is 0 Å². The average Bonchev–Trinajstić information content (AvgIpc) is 2.47. The lowest BCUT2D eigenvalue weighted by Gasteiger charge is -2.14. The van der Waals surface area contributed by atoms with Crippen molar-refractivity contribution in [3.05, 3.63) is 35.4 Å². The maximum Gasteiger partial charge on any atom is 0.315 e. The van der Waals surface area contributed by atoms with Crippen LogP contribution in [-0.4, -0.2) is 30.0 Å². The first kappa shape index (κ1) is 17.6. The third-order valence-electron chi connectivity index (χ3n) is 3.02. The van der Waals surface area contributed by atoms with E-state index in [0.29, 0.717) is 6.61 Å². The van der Waals surface area contributed by atoms with Gasteiger partial charge in [0.2, 0.25) is 5.91 Å². The number of carbonyl (C=O) groups is 2. The Morgan fingerprint density at radius 2 is 1.86 bits per heavy atom. The molecule has 4 nitrogen and oxygen atoms in total.